The molecular formula is C18H25N3O4. The molecule has 2 aromatic rings. The van der Waals surface area contributed by atoms with Crippen molar-refractivity contribution in [2.24, 2.45) is 0 Å². The largest absolute Gasteiger partial charge is 0.389 e. The Labute approximate surface area is 147 Å². The lowest BCUT2D eigenvalue weighted by molar-refractivity contribution is -0.121. The number of anilines is 1. The van der Waals surface area contributed by atoms with Gasteiger partial charge in [-0.25, -0.2) is 0 Å². The Balaban J connectivity index is 1.71. The Kier molecular flexibility index (Phi) is 7.12. The lowest BCUT2D eigenvalue weighted by Gasteiger charge is -2.25. The summed E-state index contributed by atoms with van der Waals surface area (Å²) in [6.07, 6.45) is -0.682. The van der Waals surface area contributed by atoms with E-state index in [1.54, 1.807) is 31.9 Å². The van der Waals surface area contributed by atoms with E-state index in [2.05, 4.69) is 10.5 Å². The summed E-state index contributed by atoms with van der Waals surface area (Å²) < 4.78 is 10.4. The van der Waals surface area contributed by atoms with Gasteiger partial charge in [-0.1, -0.05) is 35.5 Å². The maximum atomic E-state index is 12.2. The molecular weight excluding hydrogens is 322 g/mol. The zero-order chi connectivity index (χ0) is 18.2. The lowest BCUT2D eigenvalue weighted by Crippen LogP contribution is -2.44. The van der Waals surface area contributed by atoms with Crippen molar-refractivity contribution < 1.29 is 19.2 Å². The van der Waals surface area contributed by atoms with Crippen LogP contribution in [0, 0.1) is 6.92 Å². The van der Waals surface area contributed by atoms with Crippen molar-refractivity contribution in [1.29, 1.82) is 0 Å². The van der Waals surface area contributed by atoms with Crippen molar-refractivity contribution in [1.82, 2.24) is 10.1 Å². The molecule has 7 heteroatoms. The number of aromatic nitrogens is 1. The standard InChI is InChI=1S/C18H25N3O4/c1-13-9-17(20-25-13)19-18(23)14(2)21(3)10-16(22)12-24-11-15-7-5-4-6-8-15/h4-9,14,16,22H,10-12H2,1-3H3,(H,19,20,23)/t14-,16-/m0/s1. The van der Waals surface area contributed by atoms with Crippen LogP contribution < -0.4 is 5.32 Å². The van der Waals surface area contributed by atoms with E-state index < -0.39 is 12.1 Å². The molecule has 0 spiro atoms. The normalized spacial score (nSPS) is 13.6. The summed E-state index contributed by atoms with van der Waals surface area (Å²) in [5, 5.41) is 16.5. The average molecular weight is 347 g/mol. The van der Waals surface area contributed by atoms with Crippen LogP contribution in [-0.2, 0) is 16.1 Å². The maximum Gasteiger partial charge on any atom is 0.242 e. The van der Waals surface area contributed by atoms with Gasteiger partial charge in [0.05, 0.1) is 25.4 Å². The fourth-order valence-corrected chi connectivity index (χ4v) is 2.29. The first-order valence-corrected chi connectivity index (χ1v) is 8.20. The number of aryl methyl sites for hydroxylation is 1. The molecule has 0 aliphatic carbocycles. The smallest absolute Gasteiger partial charge is 0.242 e. The molecule has 1 amide bonds. The number of hydrogen-bond acceptors (Lipinski definition) is 6. The summed E-state index contributed by atoms with van der Waals surface area (Å²) in [5.41, 5.74) is 1.05. The molecule has 2 atom stereocenters. The molecule has 0 aliphatic heterocycles. The van der Waals surface area contributed by atoms with E-state index in [1.165, 1.54) is 0 Å². The number of nitrogens with one attached hydrogen (secondary N) is 1. The van der Waals surface area contributed by atoms with Crippen LogP contribution in [0.4, 0.5) is 5.82 Å². The van der Waals surface area contributed by atoms with E-state index in [1.807, 2.05) is 30.3 Å². The average Bonchev–Trinajstić information content (AvgIpc) is 2.99. The predicted octanol–water partition coefficient (Wildman–Crippen LogP) is 1.82. The molecule has 0 radical (unpaired) electrons. The number of likely N-dealkylation sites (N-methyl/N-ethyl adjacent to an activating group) is 1. The Hall–Kier alpha value is -2.22. The molecule has 1 aromatic carbocycles. The minimum atomic E-state index is -0.682. The number of amides is 1. The molecule has 25 heavy (non-hydrogen) atoms. The highest BCUT2D eigenvalue weighted by Crippen LogP contribution is 2.09. The summed E-state index contributed by atoms with van der Waals surface area (Å²) >= 11 is 0. The van der Waals surface area contributed by atoms with Gasteiger partial charge < -0.3 is 19.7 Å². The van der Waals surface area contributed by atoms with Crippen LogP contribution in [0.1, 0.15) is 18.2 Å². The van der Waals surface area contributed by atoms with E-state index in [0.717, 1.165) is 5.56 Å². The third-order valence-electron chi connectivity index (χ3n) is 3.84. The van der Waals surface area contributed by atoms with E-state index in [0.29, 0.717) is 24.7 Å². The van der Waals surface area contributed by atoms with Gasteiger partial charge in [0, 0.05) is 12.6 Å². The van der Waals surface area contributed by atoms with E-state index in [9.17, 15) is 9.90 Å². The van der Waals surface area contributed by atoms with Crippen LogP contribution >= 0.6 is 0 Å². The number of benzene rings is 1. The number of nitrogens with zero attached hydrogens (tertiary/aromatic N) is 2. The number of hydrogen-bond donors (Lipinski definition) is 2. The lowest BCUT2D eigenvalue weighted by atomic mass is 10.2. The van der Waals surface area contributed by atoms with Gasteiger partial charge in [0.2, 0.25) is 5.91 Å². The SMILES string of the molecule is Cc1cc(NC(=O)[C@H](C)N(C)C[C@H](O)COCc2ccccc2)no1. The van der Waals surface area contributed by atoms with Gasteiger partial charge in [-0.15, -0.1) is 0 Å². The van der Waals surface area contributed by atoms with E-state index in [-0.39, 0.29) is 12.5 Å². The third-order valence-corrected chi connectivity index (χ3v) is 3.84. The Morgan fingerprint density at radius 3 is 2.76 bits per heavy atom. The van der Waals surface area contributed by atoms with Gasteiger partial charge in [-0.3, -0.25) is 9.69 Å². The van der Waals surface area contributed by atoms with Gasteiger partial charge in [0.1, 0.15) is 5.76 Å². The fourth-order valence-electron chi connectivity index (χ4n) is 2.29. The summed E-state index contributed by atoms with van der Waals surface area (Å²) in [6, 6.07) is 11.0. The van der Waals surface area contributed by atoms with E-state index in [4.69, 9.17) is 9.26 Å². The van der Waals surface area contributed by atoms with Gasteiger partial charge in [-0.05, 0) is 26.5 Å². The Morgan fingerprint density at radius 2 is 2.12 bits per heavy atom. The van der Waals surface area contributed by atoms with Crippen LogP contribution in [0.2, 0.25) is 0 Å². The highest BCUT2D eigenvalue weighted by molar-refractivity contribution is 5.93. The van der Waals surface area contributed by atoms with Crippen LogP contribution in [0.3, 0.4) is 0 Å². The molecule has 0 saturated heterocycles. The zero-order valence-corrected chi connectivity index (χ0v) is 14.8. The first-order valence-electron chi connectivity index (χ1n) is 8.20. The van der Waals surface area contributed by atoms with Crippen molar-refractivity contribution in [3.63, 3.8) is 0 Å². The summed E-state index contributed by atoms with van der Waals surface area (Å²) in [5.74, 6) is 0.796. The molecule has 0 fully saturated rings. The topological polar surface area (TPSA) is 87.8 Å². The molecule has 1 heterocycles. The van der Waals surface area contributed by atoms with Gasteiger partial charge in [-0.2, -0.15) is 0 Å². The van der Waals surface area contributed by atoms with Crippen molar-refractivity contribution in [3.8, 4) is 0 Å². The van der Waals surface area contributed by atoms with Crippen molar-refractivity contribution in [3.05, 3.63) is 47.7 Å². The third kappa shape index (κ3) is 6.30. The quantitative estimate of drug-likeness (QED) is 0.719. The molecule has 2 rings (SSSR count). The molecule has 2 N–H and O–H groups in total. The van der Waals surface area contributed by atoms with Crippen LogP contribution in [0.25, 0.3) is 0 Å². The summed E-state index contributed by atoms with van der Waals surface area (Å²) in [4.78, 5) is 14.0. The Morgan fingerprint density at radius 1 is 1.40 bits per heavy atom. The monoisotopic (exact) mass is 347 g/mol. The fraction of sp³-hybridized carbons (Fsp3) is 0.444. The first kappa shape index (κ1) is 19.1. The second-order valence-electron chi connectivity index (χ2n) is 6.08. The summed E-state index contributed by atoms with van der Waals surface area (Å²) in [7, 11) is 1.78. The minimum Gasteiger partial charge on any atom is -0.389 e. The van der Waals surface area contributed by atoms with Crippen molar-refractivity contribution in [2.75, 3.05) is 25.5 Å². The van der Waals surface area contributed by atoms with Gasteiger partial charge >= 0.3 is 0 Å². The van der Waals surface area contributed by atoms with Crippen LogP contribution in [-0.4, -0.2) is 53.4 Å². The maximum absolute atomic E-state index is 12.2. The van der Waals surface area contributed by atoms with Crippen molar-refractivity contribution >= 4 is 11.7 Å². The van der Waals surface area contributed by atoms with Crippen LogP contribution in [0.15, 0.2) is 40.9 Å². The number of carbonyl (C=O) groups is 1. The summed E-state index contributed by atoms with van der Waals surface area (Å²) in [6.45, 7) is 4.49. The second kappa shape index (κ2) is 9.31. The predicted molar refractivity (Wildman–Crippen MR) is 94.1 cm³/mol. The molecule has 1 aromatic heterocycles. The Bertz CT molecular complexity index is 659. The minimum absolute atomic E-state index is 0.204. The number of aliphatic hydroxyl groups is 1. The number of rotatable bonds is 9. The highest BCUT2D eigenvalue weighted by atomic mass is 16.5. The number of carbonyl (C=O) groups excluding carboxylic acids is 1. The van der Waals surface area contributed by atoms with E-state index >= 15 is 0 Å². The zero-order valence-electron chi connectivity index (χ0n) is 14.8. The first-order chi connectivity index (χ1) is 12.0. The number of ether oxygens (including phenoxy) is 1. The van der Waals surface area contributed by atoms with Crippen LogP contribution in [0.5, 0.6) is 0 Å². The second-order valence-corrected chi connectivity index (χ2v) is 6.08. The molecule has 0 bridgehead atoms. The van der Waals surface area contributed by atoms with Crippen molar-refractivity contribution in [2.45, 2.75) is 32.6 Å². The molecule has 0 aliphatic rings. The van der Waals surface area contributed by atoms with Gasteiger partial charge in [0.25, 0.3) is 0 Å². The molecule has 136 valence electrons. The number of aliphatic hydroxyl groups excluding tert-OH is 1. The van der Waals surface area contributed by atoms with Gasteiger partial charge in [0.15, 0.2) is 5.82 Å². The molecule has 0 saturated carbocycles. The highest BCUT2D eigenvalue weighted by Gasteiger charge is 2.21. The molecule has 7 nitrogen and oxygen atoms in total. The molecule has 0 unspecified atom stereocenters.